The summed E-state index contributed by atoms with van der Waals surface area (Å²) in [4.78, 5) is 18.5. The predicted molar refractivity (Wildman–Crippen MR) is 94.2 cm³/mol. The molecule has 1 aliphatic rings. The quantitative estimate of drug-likeness (QED) is 0.702. The van der Waals surface area contributed by atoms with Crippen LogP contribution < -0.4 is 9.64 Å². The first-order chi connectivity index (χ1) is 11.3. The summed E-state index contributed by atoms with van der Waals surface area (Å²) in [6.07, 6.45) is 5.93. The summed E-state index contributed by atoms with van der Waals surface area (Å²) in [5.41, 5.74) is 4.67. The Labute approximate surface area is 141 Å². The van der Waals surface area contributed by atoms with Gasteiger partial charge in [-0.05, 0) is 24.6 Å². The minimum absolute atomic E-state index is 0.0448. The van der Waals surface area contributed by atoms with Crippen molar-refractivity contribution in [1.29, 1.82) is 0 Å². The molecule has 0 radical (unpaired) electrons. The number of thiazole rings is 1. The van der Waals surface area contributed by atoms with Crippen LogP contribution in [0.15, 0.2) is 29.1 Å². The zero-order valence-corrected chi connectivity index (χ0v) is 14.3. The maximum Gasteiger partial charge on any atom is 0.265 e. The molecule has 0 aliphatic carbocycles. The van der Waals surface area contributed by atoms with Gasteiger partial charge in [-0.25, -0.2) is 4.98 Å². The first-order valence-corrected chi connectivity index (χ1v) is 9.19. The largest absolute Gasteiger partial charge is 0.482 e. The van der Waals surface area contributed by atoms with Crippen molar-refractivity contribution in [2.45, 2.75) is 39.0 Å². The van der Waals surface area contributed by atoms with Crippen LogP contribution in [0.3, 0.4) is 0 Å². The summed E-state index contributed by atoms with van der Waals surface area (Å²) < 4.78 is 5.57. The lowest BCUT2D eigenvalue weighted by atomic mass is 10.1. The molecule has 1 amide bonds. The van der Waals surface area contributed by atoms with E-state index in [4.69, 9.17) is 4.74 Å². The minimum Gasteiger partial charge on any atom is -0.482 e. The molecule has 122 valence electrons. The molecule has 1 aliphatic heterocycles. The molecule has 0 spiro atoms. The number of carbonyl (C=O) groups excluding carboxylic acids is 1. The normalized spacial score (nSPS) is 13.8. The zero-order chi connectivity index (χ0) is 16.1. The number of aromatic nitrogens is 1. The molecule has 4 nitrogen and oxygen atoms in total. The van der Waals surface area contributed by atoms with Crippen LogP contribution in [0.2, 0.25) is 0 Å². The van der Waals surface area contributed by atoms with Crippen molar-refractivity contribution in [2.75, 3.05) is 18.1 Å². The number of amides is 1. The van der Waals surface area contributed by atoms with Crippen molar-refractivity contribution >= 4 is 22.9 Å². The monoisotopic (exact) mass is 330 g/mol. The molecule has 0 fully saturated rings. The van der Waals surface area contributed by atoms with E-state index in [2.05, 4.69) is 11.9 Å². The maximum atomic E-state index is 12.3. The van der Waals surface area contributed by atoms with Gasteiger partial charge in [0.05, 0.1) is 16.9 Å². The third-order valence-electron chi connectivity index (χ3n) is 4.12. The molecule has 0 saturated heterocycles. The van der Waals surface area contributed by atoms with E-state index in [1.807, 2.05) is 34.0 Å². The number of hydrogen-bond acceptors (Lipinski definition) is 4. The molecule has 2 heterocycles. The van der Waals surface area contributed by atoms with Gasteiger partial charge in [0, 0.05) is 17.5 Å². The predicted octanol–water partition coefficient (Wildman–Crippen LogP) is 4.51. The molecule has 0 atom stereocenters. The summed E-state index contributed by atoms with van der Waals surface area (Å²) in [6.45, 7) is 3.11. The van der Waals surface area contributed by atoms with Crippen LogP contribution in [0.5, 0.6) is 5.75 Å². The highest BCUT2D eigenvalue weighted by atomic mass is 32.1. The van der Waals surface area contributed by atoms with Gasteiger partial charge in [0.15, 0.2) is 6.61 Å². The van der Waals surface area contributed by atoms with Crippen LogP contribution in [0.4, 0.5) is 5.69 Å². The van der Waals surface area contributed by atoms with Crippen LogP contribution in [-0.4, -0.2) is 24.0 Å². The molecule has 2 aromatic rings. The van der Waals surface area contributed by atoms with E-state index < -0.39 is 0 Å². The van der Waals surface area contributed by atoms with Crippen molar-refractivity contribution in [3.05, 3.63) is 29.1 Å². The molecule has 1 aromatic heterocycles. The average Bonchev–Trinajstić information content (AvgIpc) is 3.10. The second-order valence-corrected chi connectivity index (χ2v) is 6.52. The fourth-order valence-corrected chi connectivity index (χ4v) is 3.40. The first-order valence-electron chi connectivity index (χ1n) is 8.25. The summed E-state index contributed by atoms with van der Waals surface area (Å²) >= 11 is 1.57. The van der Waals surface area contributed by atoms with Gasteiger partial charge in [-0.2, -0.15) is 0 Å². The Morgan fingerprint density at radius 1 is 1.26 bits per heavy atom. The fraction of sp³-hybridized carbons (Fsp3) is 0.444. The van der Waals surface area contributed by atoms with Gasteiger partial charge in [-0.1, -0.05) is 32.6 Å². The second kappa shape index (κ2) is 7.59. The number of ether oxygens (including phenoxy) is 1. The molecular weight excluding hydrogens is 308 g/mol. The molecule has 3 rings (SSSR count). The van der Waals surface area contributed by atoms with Gasteiger partial charge in [-0.15, -0.1) is 11.3 Å². The number of benzene rings is 1. The maximum absolute atomic E-state index is 12.3. The van der Waals surface area contributed by atoms with Crippen LogP contribution in [0, 0.1) is 0 Å². The van der Waals surface area contributed by atoms with E-state index in [0.29, 0.717) is 0 Å². The van der Waals surface area contributed by atoms with Gasteiger partial charge < -0.3 is 9.64 Å². The summed E-state index contributed by atoms with van der Waals surface area (Å²) in [6, 6.07) is 5.97. The van der Waals surface area contributed by atoms with Gasteiger partial charge >= 0.3 is 0 Å². The van der Waals surface area contributed by atoms with Crippen molar-refractivity contribution in [3.63, 3.8) is 0 Å². The molecule has 5 heteroatoms. The molecular formula is C18H22N2O2S. The van der Waals surface area contributed by atoms with E-state index in [1.165, 1.54) is 25.7 Å². The second-order valence-electron chi connectivity index (χ2n) is 5.80. The number of fused-ring (bicyclic) bond motifs is 1. The topological polar surface area (TPSA) is 42.4 Å². The smallest absolute Gasteiger partial charge is 0.265 e. The third-order valence-corrected chi connectivity index (χ3v) is 4.70. The van der Waals surface area contributed by atoms with E-state index in [1.54, 1.807) is 11.3 Å². The average molecular weight is 330 g/mol. The molecule has 0 bridgehead atoms. The number of carbonyl (C=O) groups is 1. The lowest BCUT2D eigenvalue weighted by Gasteiger charge is -2.29. The summed E-state index contributed by atoms with van der Waals surface area (Å²) in [5, 5.41) is 2.02. The van der Waals surface area contributed by atoms with Crippen molar-refractivity contribution in [3.8, 4) is 17.0 Å². The fourth-order valence-electron chi connectivity index (χ4n) is 2.84. The SMILES string of the molecule is CCCCCCCN1C(=O)COc2ccc(-c3cscn3)cc21. The molecule has 0 saturated carbocycles. The van der Waals surface area contributed by atoms with Crippen molar-refractivity contribution < 1.29 is 9.53 Å². The molecule has 23 heavy (non-hydrogen) atoms. The van der Waals surface area contributed by atoms with Gasteiger partial charge in [-0.3, -0.25) is 4.79 Å². The van der Waals surface area contributed by atoms with Crippen LogP contribution in [0.25, 0.3) is 11.3 Å². The Hall–Kier alpha value is -1.88. The number of rotatable bonds is 7. The van der Waals surface area contributed by atoms with Crippen molar-refractivity contribution in [2.24, 2.45) is 0 Å². The Balaban J connectivity index is 1.76. The summed E-state index contributed by atoms with van der Waals surface area (Å²) in [5.74, 6) is 0.834. The van der Waals surface area contributed by atoms with Crippen LogP contribution >= 0.6 is 11.3 Å². The van der Waals surface area contributed by atoms with Gasteiger partial charge in [0.2, 0.25) is 0 Å². The van der Waals surface area contributed by atoms with Crippen LogP contribution in [0.1, 0.15) is 39.0 Å². The van der Waals surface area contributed by atoms with Crippen LogP contribution in [-0.2, 0) is 4.79 Å². The van der Waals surface area contributed by atoms with Crippen molar-refractivity contribution in [1.82, 2.24) is 4.98 Å². The third kappa shape index (κ3) is 3.72. The number of nitrogens with zero attached hydrogens (tertiary/aromatic N) is 2. The highest BCUT2D eigenvalue weighted by molar-refractivity contribution is 7.07. The summed E-state index contributed by atoms with van der Waals surface area (Å²) in [7, 11) is 0. The van der Waals surface area contributed by atoms with E-state index in [0.717, 1.165) is 35.7 Å². The molecule has 0 unspecified atom stereocenters. The lowest BCUT2D eigenvalue weighted by Crippen LogP contribution is -2.39. The Morgan fingerprint density at radius 3 is 2.91 bits per heavy atom. The highest BCUT2D eigenvalue weighted by Gasteiger charge is 2.25. The zero-order valence-electron chi connectivity index (χ0n) is 13.5. The van der Waals surface area contributed by atoms with E-state index in [-0.39, 0.29) is 12.5 Å². The minimum atomic E-state index is 0.0448. The Bertz CT molecular complexity index is 655. The number of hydrogen-bond donors (Lipinski definition) is 0. The molecule has 0 N–H and O–H groups in total. The lowest BCUT2D eigenvalue weighted by molar-refractivity contribution is -0.121. The first kappa shape index (κ1) is 16.0. The van der Waals surface area contributed by atoms with Gasteiger partial charge in [0.1, 0.15) is 5.75 Å². The Morgan fingerprint density at radius 2 is 2.13 bits per heavy atom. The number of unbranched alkanes of at least 4 members (excludes halogenated alkanes) is 4. The highest BCUT2D eigenvalue weighted by Crippen LogP contribution is 2.36. The van der Waals surface area contributed by atoms with E-state index >= 15 is 0 Å². The Kier molecular flexibility index (Phi) is 5.28. The van der Waals surface area contributed by atoms with Gasteiger partial charge in [0.25, 0.3) is 5.91 Å². The molecule has 1 aromatic carbocycles. The van der Waals surface area contributed by atoms with E-state index in [9.17, 15) is 4.79 Å². The number of anilines is 1. The standard InChI is InChI=1S/C18H22N2O2S/c1-2-3-4-5-6-9-20-16-10-14(15-12-23-13-19-15)7-8-17(16)22-11-18(20)21/h7-8,10,12-13H,2-6,9,11H2,1H3.